The van der Waals surface area contributed by atoms with Gasteiger partial charge in [-0.15, -0.1) is 0 Å². The van der Waals surface area contributed by atoms with E-state index in [0.717, 1.165) is 12.8 Å². The molecule has 0 aromatic heterocycles. The Labute approximate surface area is 152 Å². The molecule has 0 radical (unpaired) electrons. The lowest BCUT2D eigenvalue weighted by molar-refractivity contribution is -0.384. The van der Waals surface area contributed by atoms with Gasteiger partial charge in [0, 0.05) is 57.8 Å². The number of rotatable bonds is 5. The number of likely N-dealkylation sites (tertiary alicyclic amines) is 1. The fourth-order valence-corrected chi connectivity index (χ4v) is 3.62. The number of hydrogen-bond donors (Lipinski definition) is 1. The fraction of sp³-hybridized carbons (Fsp3) is 0.611. The summed E-state index contributed by atoms with van der Waals surface area (Å²) < 4.78 is 11.3. The van der Waals surface area contributed by atoms with Crippen molar-refractivity contribution in [1.82, 2.24) is 4.90 Å². The molecule has 0 bridgehead atoms. The third kappa shape index (κ3) is 3.96. The van der Waals surface area contributed by atoms with E-state index in [1.807, 2.05) is 4.90 Å². The van der Waals surface area contributed by atoms with Gasteiger partial charge in [0.2, 0.25) is 5.91 Å². The first-order valence-electron chi connectivity index (χ1n) is 9.02. The number of nitrogens with two attached hydrogens (primary N) is 1. The summed E-state index contributed by atoms with van der Waals surface area (Å²) in [7, 11) is 0. The summed E-state index contributed by atoms with van der Waals surface area (Å²) in [5.41, 5.74) is 5.49. The average molecular weight is 363 g/mol. The van der Waals surface area contributed by atoms with Crippen molar-refractivity contribution in [3.8, 4) is 5.75 Å². The Morgan fingerprint density at radius 3 is 2.42 bits per heavy atom. The molecule has 142 valence electrons. The largest absolute Gasteiger partial charge is 0.490 e. The Kier molecular flexibility index (Phi) is 5.73. The second kappa shape index (κ2) is 8.01. The topological polar surface area (TPSA) is 108 Å². The molecule has 2 fully saturated rings. The molecule has 8 nitrogen and oxygen atoms in total. The van der Waals surface area contributed by atoms with Gasteiger partial charge in [0.15, 0.2) is 0 Å². The Hall–Kier alpha value is -2.19. The maximum absolute atomic E-state index is 13.0. The van der Waals surface area contributed by atoms with Gasteiger partial charge in [-0.25, -0.2) is 0 Å². The Bertz CT molecular complexity index is 635. The molecule has 2 aliphatic rings. The van der Waals surface area contributed by atoms with Crippen LogP contribution in [-0.2, 0) is 9.53 Å². The minimum Gasteiger partial charge on any atom is -0.490 e. The number of carbonyl (C=O) groups excluding carboxylic acids is 1. The number of piperidine rings is 1. The number of non-ortho nitro benzene ring substituents is 1. The van der Waals surface area contributed by atoms with E-state index in [2.05, 4.69) is 0 Å². The quantitative estimate of drug-likeness (QED) is 0.630. The van der Waals surface area contributed by atoms with E-state index >= 15 is 0 Å². The Balaban J connectivity index is 1.53. The van der Waals surface area contributed by atoms with Crippen molar-refractivity contribution in [3.63, 3.8) is 0 Å². The second-order valence-corrected chi connectivity index (χ2v) is 6.96. The number of benzene rings is 1. The highest BCUT2D eigenvalue weighted by atomic mass is 16.6. The van der Waals surface area contributed by atoms with Crippen LogP contribution in [0.3, 0.4) is 0 Å². The molecule has 0 saturated carbocycles. The molecule has 1 amide bonds. The van der Waals surface area contributed by atoms with Gasteiger partial charge in [-0.05, 0) is 25.0 Å². The van der Waals surface area contributed by atoms with Crippen LogP contribution in [0.25, 0.3) is 0 Å². The molecular formula is C18H25N3O5. The van der Waals surface area contributed by atoms with Crippen LogP contribution < -0.4 is 10.5 Å². The lowest BCUT2D eigenvalue weighted by atomic mass is 9.78. The highest BCUT2D eigenvalue weighted by Crippen LogP contribution is 2.33. The lowest BCUT2D eigenvalue weighted by Gasteiger charge is -2.41. The molecule has 2 saturated heterocycles. The van der Waals surface area contributed by atoms with Crippen LogP contribution in [-0.4, -0.2) is 54.7 Å². The zero-order valence-corrected chi connectivity index (χ0v) is 14.8. The van der Waals surface area contributed by atoms with E-state index in [9.17, 15) is 14.9 Å². The van der Waals surface area contributed by atoms with Crippen LogP contribution in [0.5, 0.6) is 5.75 Å². The van der Waals surface area contributed by atoms with E-state index in [0.29, 0.717) is 51.4 Å². The third-order valence-corrected chi connectivity index (χ3v) is 5.37. The summed E-state index contributed by atoms with van der Waals surface area (Å²) in [6.07, 6.45) is 2.84. The first-order chi connectivity index (χ1) is 12.5. The van der Waals surface area contributed by atoms with Crippen LogP contribution in [0, 0.1) is 15.5 Å². The highest BCUT2D eigenvalue weighted by molar-refractivity contribution is 5.83. The predicted molar refractivity (Wildman–Crippen MR) is 94.9 cm³/mol. The summed E-state index contributed by atoms with van der Waals surface area (Å²) in [6, 6.07) is 6.09. The van der Waals surface area contributed by atoms with Gasteiger partial charge >= 0.3 is 0 Å². The smallest absolute Gasteiger partial charge is 0.269 e. The molecule has 0 spiro atoms. The van der Waals surface area contributed by atoms with Crippen LogP contribution in [0.15, 0.2) is 24.3 Å². The minimum absolute atomic E-state index is 0.00372. The molecule has 2 N–H and O–H groups in total. The van der Waals surface area contributed by atoms with Crippen molar-refractivity contribution >= 4 is 11.6 Å². The summed E-state index contributed by atoms with van der Waals surface area (Å²) in [4.78, 5) is 25.1. The maximum atomic E-state index is 13.0. The van der Waals surface area contributed by atoms with Crippen LogP contribution in [0.1, 0.15) is 25.7 Å². The van der Waals surface area contributed by atoms with Gasteiger partial charge in [-0.2, -0.15) is 0 Å². The average Bonchev–Trinajstić information content (AvgIpc) is 2.69. The van der Waals surface area contributed by atoms with Gasteiger partial charge in [-0.3, -0.25) is 14.9 Å². The molecule has 0 aliphatic carbocycles. The van der Waals surface area contributed by atoms with Gasteiger partial charge < -0.3 is 20.1 Å². The van der Waals surface area contributed by atoms with E-state index in [1.165, 1.54) is 12.1 Å². The standard InChI is InChI=1S/C18H25N3O5/c19-13-18(7-11-25-12-8-18)17(22)20-9-5-16(6-10-20)26-15-3-1-14(2-4-15)21(23)24/h1-4,16H,5-13,19H2. The third-order valence-electron chi connectivity index (χ3n) is 5.37. The van der Waals surface area contributed by atoms with Crippen LogP contribution in [0.2, 0.25) is 0 Å². The van der Waals surface area contributed by atoms with Crippen molar-refractivity contribution in [1.29, 1.82) is 0 Å². The summed E-state index contributed by atoms with van der Waals surface area (Å²) >= 11 is 0. The van der Waals surface area contributed by atoms with E-state index in [-0.39, 0.29) is 17.7 Å². The highest BCUT2D eigenvalue weighted by Gasteiger charge is 2.42. The van der Waals surface area contributed by atoms with Gasteiger partial charge in [-0.1, -0.05) is 0 Å². The van der Waals surface area contributed by atoms with E-state index < -0.39 is 10.3 Å². The van der Waals surface area contributed by atoms with Crippen molar-refractivity contribution in [2.75, 3.05) is 32.8 Å². The van der Waals surface area contributed by atoms with Crippen molar-refractivity contribution in [2.24, 2.45) is 11.1 Å². The fourth-order valence-electron chi connectivity index (χ4n) is 3.62. The zero-order chi connectivity index (χ0) is 18.6. The normalized spacial score (nSPS) is 20.6. The summed E-state index contributed by atoms with van der Waals surface area (Å²) in [5.74, 6) is 0.750. The molecule has 2 aliphatic heterocycles. The second-order valence-electron chi connectivity index (χ2n) is 6.96. The molecule has 1 aromatic rings. The van der Waals surface area contributed by atoms with Gasteiger partial charge in [0.25, 0.3) is 5.69 Å². The summed E-state index contributed by atoms with van der Waals surface area (Å²) in [5, 5.41) is 10.7. The molecule has 8 heteroatoms. The molecule has 3 rings (SSSR count). The van der Waals surface area contributed by atoms with Crippen LogP contribution >= 0.6 is 0 Å². The minimum atomic E-state index is -0.482. The maximum Gasteiger partial charge on any atom is 0.269 e. The molecule has 0 atom stereocenters. The number of hydrogen-bond acceptors (Lipinski definition) is 6. The Morgan fingerprint density at radius 1 is 1.27 bits per heavy atom. The number of amides is 1. The number of carbonyl (C=O) groups is 1. The van der Waals surface area contributed by atoms with Crippen molar-refractivity contribution in [3.05, 3.63) is 34.4 Å². The van der Waals surface area contributed by atoms with Gasteiger partial charge in [0.1, 0.15) is 11.9 Å². The monoisotopic (exact) mass is 363 g/mol. The number of nitro benzene ring substituents is 1. The van der Waals surface area contributed by atoms with E-state index in [4.69, 9.17) is 15.2 Å². The number of nitro groups is 1. The lowest BCUT2D eigenvalue weighted by Crippen LogP contribution is -2.53. The zero-order valence-electron chi connectivity index (χ0n) is 14.8. The Morgan fingerprint density at radius 2 is 1.88 bits per heavy atom. The SMILES string of the molecule is NCC1(C(=O)N2CCC(Oc3ccc([N+](=O)[O-])cc3)CC2)CCOCC1. The molecule has 1 aromatic carbocycles. The van der Waals surface area contributed by atoms with Crippen molar-refractivity contribution < 1.29 is 19.2 Å². The van der Waals surface area contributed by atoms with Crippen LogP contribution in [0.4, 0.5) is 5.69 Å². The van der Waals surface area contributed by atoms with Gasteiger partial charge in [0.05, 0.1) is 10.3 Å². The molecular weight excluding hydrogens is 338 g/mol. The number of ether oxygens (including phenoxy) is 2. The molecule has 2 heterocycles. The summed E-state index contributed by atoms with van der Waals surface area (Å²) in [6.45, 7) is 2.80. The number of nitrogens with zero attached hydrogens (tertiary/aromatic N) is 2. The molecule has 0 unspecified atom stereocenters. The first-order valence-corrected chi connectivity index (χ1v) is 9.02. The first kappa shape index (κ1) is 18.6. The predicted octanol–water partition coefficient (Wildman–Crippen LogP) is 1.72. The molecule has 26 heavy (non-hydrogen) atoms. The van der Waals surface area contributed by atoms with Crippen molar-refractivity contribution in [2.45, 2.75) is 31.8 Å². The van der Waals surface area contributed by atoms with E-state index in [1.54, 1.807) is 12.1 Å².